The lowest BCUT2D eigenvalue weighted by Gasteiger charge is -2.32. The van der Waals surface area contributed by atoms with E-state index < -0.39 is 0 Å². The van der Waals surface area contributed by atoms with Gasteiger partial charge in [-0.15, -0.1) is 0 Å². The van der Waals surface area contributed by atoms with Crippen LogP contribution in [-0.2, 0) is 16.1 Å². The SMILES string of the molecule is COc1ccc(OC)c(CNC(=O)[C@@H]2CCCC[C@@H]2C(=O)NC(C)(C)C)c1. The van der Waals surface area contributed by atoms with Gasteiger partial charge < -0.3 is 20.1 Å². The molecule has 0 radical (unpaired) electrons. The van der Waals surface area contributed by atoms with Gasteiger partial charge in [-0.1, -0.05) is 12.8 Å². The fourth-order valence-corrected chi connectivity index (χ4v) is 3.55. The second-order valence-corrected chi connectivity index (χ2v) is 8.13. The summed E-state index contributed by atoms with van der Waals surface area (Å²) in [5.41, 5.74) is 0.542. The van der Waals surface area contributed by atoms with Crippen LogP contribution in [0.4, 0.5) is 0 Å². The van der Waals surface area contributed by atoms with Crippen LogP contribution in [0, 0.1) is 11.8 Å². The number of benzene rings is 1. The highest BCUT2D eigenvalue weighted by molar-refractivity contribution is 5.88. The molecule has 1 aromatic carbocycles. The number of hydrogen-bond donors (Lipinski definition) is 2. The van der Waals surface area contributed by atoms with Gasteiger partial charge in [0.15, 0.2) is 0 Å². The molecule has 6 nitrogen and oxygen atoms in total. The molecule has 0 spiro atoms. The second-order valence-electron chi connectivity index (χ2n) is 8.13. The van der Waals surface area contributed by atoms with E-state index in [9.17, 15) is 9.59 Å². The third kappa shape index (κ3) is 5.88. The molecule has 1 aromatic rings. The maximum Gasteiger partial charge on any atom is 0.224 e. The highest BCUT2D eigenvalue weighted by atomic mass is 16.5. The van der Waals surface area contributed by atoms with Crippen LogP contribution in [-0.4, -0.2) is 31.6 Å². The molecule has 6 heteroatoms. The van der Waals surface area contributed by atoms with Crippen LogP contribution in [0.15, 0.2) is 18.2 Å². The number of amides is 2. The topological polar surface area (TPSA) is 76.7 Å². The van der Waals surface area contributed by atoms with Gasteiger partial charge in [0.2, 0.25) is 11.8 Å². The Morgan fingerprint density at radius 3 is 2.22 bits per heavy atom. The molecule has 1 aliphatic carbocycles. The number of hydrogen-bond acceptors (Lipinski definition) is 4. The van der Waals surface area contributed by atoms with Gasteiger partial charge in [-0.05, 0) is 51.8 Å². The molecule has 27 heavy (non-hydrogen) atoms. The number of methoxy groups -OCH3 is 2. The molecule has 0 saturated heterocycles. The molecule has 150 valence electrons. The van der Waals surface area contributed by atoms with Crippen molar-refractivity contribution in [2.75, 3.05) is 14.2 Å². The number of carbonyl (C=O) groups is 2. The Kier molecular flexibility index (Phi) is 7.11. The summed E-state index contributed by atoms with van der Waals surface area (Å²) in [4.78, 5) is 25.5. The summed E-state index contributed by atoms with van der Waals surface area (Å²) in [6.07, 6.45) is 3.45. The quantitative estimate of drug-likeness (QED) is 0.800. The van der Waals surface area contributed by atoms with Gasteiger partial charge in [0.05, 0.1) is 14.2 Å². The van der Waals surface area contributed by atoms with Crippen molar-refractivity contribution in [1.82, 2.24) is 10.6 Å². The molecule has 0 unspecified atom stereocenters. The zero-order chi connectivity index (χ0) is 20.0. The first-order valence-electron chi connectivity index (χ1n) is 9.56. The van der Waals surface area contributed by atoms with Crippen LogP contribution in [0.2, 0.25) is 0 Å². The van der Waals surface area contributed by atoms with Gasteiger partial charge in [-0.3, -0.25) is 9.59 Å². The Balaban J connectivity index is 2.06. The highest BCUT2D eigenvalue weighted by Crippen LogP contribution is 2.31. The summed E-state index contributed by atoms with van der Waals surface area (Å²) in [7, 11) is 3.20. The molecule has 1 saturated carbocycles. The molecule has 2 rings (SSSR count). The number of carbonyl (C=O) groups excluding carboxylic acids is 2. The Morgan fingerprint density at radius 2 is 1.67 bits per heavy atom. The van der Waals surface area contributed by atoms with E-state index in [2.05, 4.69) is 10.6 Å². The zero-order valence-corrected chi connectivity index (χ0v) is 17.1. The smallest absolute Gasteiger partial charge is 0.224 e. The van der Waals surface area contributed by atoms with E-state index in [-0.39, 0.29) is 29.2 Å². The minimum absolute atomic E-state index is 0.0266. The summed E-state index contributed by atoms with van der Waals surface area (Å²) in [5.74, 6) is 0.736. The van der Waals surface area contributed by atoms with Gasteiger partial charge in [0.25, 0.3) is 0 Å². The standard InChI is InChI=1S/C21H32N2O4/c1-21(2,3)23-20(25)17-9-7-6-8-16(17)19(24)22-13-14-12-15(26-4)10-11-18(14)27-5/h10-12,16-17H,6-9,13H2,1-5H3,(H,22,24)(H,23,25)/t16-,17+/m1/s1. The van der Waals surface area contributed by atoms with E-state index >= 15 is 0 Å². The molecule has 1 aliphatic rings. The number of nitrogens with one attached hydrogen (secondary N) is 2. The van der Waals surface area contributed by atoms with Crippen molar-refractivity contribution in [3.8, 4) is 11.5 Å². The second kappa shape index (κ2) is 9.11. The predicted octanol–water partition coefficient (Wildman–Crippen LogP) is 3.04. The van der Waals surface area contributed by atoms with E-state index in [1.54, 1.807) is 14.2 Å². The van der Waals surface area contributed by atoms with Crippen LogP contribution < -0.4 is 20.1 Å². The normalized spacial score (nSPS) is 19.9. The number of ether oxygens (including phenoxy) is 2. The maximum absolute atomic E-state index is 12.8. The van der Waals surface area contributed by atoms with Crippen molar-refractivity contribution >= 4 is 11.8 Å². The van der Waals surface area contributed by atoms with Crippen LogP contribution in [0.1, 0.15) is 52.0 Å². The predicted molar refractivity (Wildman–Crippen MR) is 105 cm³/mol. The largest absolute Gasteiger partial charge is 0.497 e. The lowest BCUT2D eigenvalue weighted by Crippen LogP contribution is -2.49. The summed E-state index contributed by atoms with van der Waals surface area (Å²) in [6, 6.07) is 5.49. The van der Waals surface area contributed by atoms with E-state index in [0.29, 0.717) is 18.0 Å². The number of rotatable bonds is 6. The van der Waals surface area contributed by atoms with E-state index in [0.717, 1.165) is 31.2 Å². The highest BCUT2D eigenvalue weighted by Gasteiger charge is 2.36. The van der Waals surface area contributed by atoms with Crippen LogP contribution >= 0.6 is 0 Å². The van der Waals surface area contributed by atoms with Crippen molar-refractivity contribution in [3.63, 3.8) is 0 Å². The Morgan fingerprint density at radius 1 is 1.04 bits per heavy atom. The van der Waals surface area contributed by atoms with Crippen LogP contribution in [0.3, 0.4) is 0 Å². The summed E-state index contributed by atoms with van der Waals surface area (Å²) in [5, 5.41) is 6.01. The first-order valence-corrected chi connectivity index (χ1v) is 9.56. The van der Waals surface area contributed by atoms with Gasteiger partial charge in [-0.2, -0.15) is 0 Å². The first-order chi connectivity index (χ1) is 12.7. The lowest BCUT2D eigenvalue weighted by atomic mass is 9.77. The van der Waals surface area contributed by atoms with Crippen LogP contribution in [0.25, 0.3) is 0 Å². The lowest BCUT2D eigenvalue weighted by molar-refractivity contribution is -0.137. The van der Waals surface area contributed by atoms with Gasteiger partial charge in [-0.25, -0.2) is 0 Å². The van der Waals surface area contributed by atoms with Crippen molar-refractivity contribution < 1.29 is 19.1 Å². The molecule has 2 atom stereocenters. The van der Waals surface area contributed by atoms with E-state index in [1.165, 1.54) is 0 Å². The molecule has 0 aromatic heterocycles. The molecule has 2 amide bonds. The maximum atomic E-state index is 12.8. The van der Waals surface area contributed by atoms with Gasteiger partial charge in [0.1, 0.15) is 11.5 Å². The van der Waals surface area contributed by atoms with Crippen molar-refractivity contribution in [2.45, 2.75) is 58.5 Å². The third-order valence-corrected chi connectivity index (χ3v) is 4.88. The molecular formula is C21H32N2O4. The van der Waals surface area contributed by atoms with E-state index in [1.807, 2.05) is 39.0 Å². The summed E-state index contributed by atoms with van der Waals surface area (Å²) in [6.45, 7) is 6.21. The Bertz CT molecular complexity index is 667. The fraction of sp³-hybridized carbons (Fsp3) is 0.619. The summed E-state index contributed by atoms with van der Waals surface area (Å²) >= 11 is 0. The first kappa shape index (κ1) is 21.1. The Labute approximate surface area is 162 Å². The molecule has 0 aliphatic heterocycles. The fourth-order valence-electron chi connectivity index (χ4n) is 3.55. The van der Waals surface area contributed by atoms with Gasteiger partial charge in [0, 0.05) is 29.5 Å². The zero-order valence-electron chi connectivity index (χ0n) is 17.1. The summed E-state index contributed by atoms with van der Waals surface area (Å²) < 4.78 is 10.6. The molecule has 2 N–H and O–H groups in total. The average molecular weight is 376 g/mol. The molecule has 1 fully saturated rings. The van der Waals surface area contributed by atoms with Crippen LogP contribution in [0.5, 0.6) is 11.5 Å². The monoisotopic (exact) mass is 376 g/mol. The molecular weight excluding hydrogens is 344 g/mol. The minimum atomic E-state index is -0.302. The molecule has 0 bridgehead atoms. The average Bonchev–Trinajstić information content (AvgIpc) is 2.64. The Hall–Kier alpha value is -2.24. The van der Waals surface area contributed by atoms with Gasteiger partial charge >= 0.3 is 0 Å². The van der Waals surface area contributed by atoms with E-state index in [4.69, 9.17) is 9.47 Å². The third-order valence-electron chi connectivity index (χ3n) is 4.88. The minimum Gasteiger partial charge on any atom is -0.497 e. The van der Waals surface area contributed by atoms with Crippen molar-refractivity contribution in [2.24, 2.45) is 11.8 Å². The van der Waals surface area contributed by atoms with Crippen molar-refractivity contribution in [1.29, 1.82) is 0 Å². The molecule has 0 heterocycles. The van der Waals surface area contributed by atoms with Crippen molar-refractivity contribution in [3.05, 3.63) is 23.8 Å².